The van der Waals surface area contributed by atoms with E-state index in [1.165, 1.54) is 0 Å². The second-order valence-corrected chi connectivity index (χ2v) is 8.43. The van der Waals surface area contributed by atoms with E-state index in [0.717, 1.165) is 52.6 Å². The number of nitrogens with zero attached hydrogens (tertiary/aromatic N) is 1. The molecule has 1 saturated carbocycles. The average Bonchev–Trinajstić information content (AvgIpc) is 3.45. The number of para-hydroxylation sites is 1. The summed E-state index contributed by atoms with van der Waals surface area (Å²) in [5, 5.41) is 0. The third-order valence-corrected chi connectivity index (χ3v) is 5.88. The Morgan fingerprint density at radius 1 is 1.03 bits per heavy atom. The molecule has 0 unspecified atom stereocenters. The number of Topliss-reactive ketones (excluding diaryl/α,β-unsaturated/α-hetero) is 1. The standard InChI is InChI=1S/C26H25NO4/c1-17(2)31-22-9-4-3-7-20(22)21-8-5-6-19(27-21)15-25(28)26(12-13-26)18-10-11-23-24(14-18)30-16-29-23/h3-11,14,17H,12-13,15-16H2,1-2H3. The van der Waals surface area contributed by atoms with Gasteiger partial charge in [0, 0.05) is 17.7 Å². The molecule has 2 heterocycles. The number of ether oxygens (including phenoxy) is 3. The van der Waals surface area contributed by atoms with Crippen LogP contribution in [-0.2, 0) is 16.6 Å². The number of benzene rings is 2. The zero-order valence-electron chi connectivity index (χ0n) is 17.8. The number of carbonyl (C=O) groups excluding carboxylic acids is 1. The van der Waals surface area contributed by atoms with Crippen LogP contribution in [0.5, 0.6) is 17.2 Å². The number of rotatable bonds is 7. The molecular formula is C26H25NO4. The highest BCUT2D eigenvalue weighted by Crippen LogP contribution is 2.51. The van der Waals surface area contributed by atoms with Crippen molar-refractivity contribution in [2.75, 3.05) is 6.79 Å². The van der Waals surface area contributed by atoms with Gasteiger partial charge in [0.1, 0.15) is 11.5 Å². The molecule has 1 fully saturated rings. The molecule has 0 saturated heterocycles. The molecule has 0 bridgehead atoms. The summed E-state index contributed by atoms with van der Waals surface area (Å²) in [4.78, 5) is 18.1. The quantitative estimate of drug-likeness (QED) is 0.537. The number of fused-ring (bicyclic) bond motifs is 1. The van der Waals surface area contributed by atoms with E-state index in [2.05, 4.69) is 0 Å². The lowest BCUT2D eigenvalue weighted by molar-refractivity contribution is -0.120. The van der Waals surface area contributed by atoms with Crippen molar-refractivity contribution in [3.63, 3.8) is 0 Å². The summed E-state index contributed by atoms with van der Waals surface area (Å²) in [6, 6.07) is 19.6. The first-order chi connectivity index (χ1) is 15.0. The average molecular weight is 415 g/mol. The second-order valence-electron chi connectivity index (χ2n) is 8.43. The lowest BCUT2D eigenvalue weighted by atomic mass is 9.88. The van der Waals surface area contributed by atoms with Gasteiger partial charge in [0.2, 0.25) is 6.79 Å². The highest BCUT2D eigenvalue weighted by molar-refractivity contribution is 5.94. The van der Waals surface area contributed by atoms with Gasteiger partial charge < -0.3 is 14.2 Å². The summed E-state index contributed by atoms with van der Waals surface area (Å²) in [6.07, 6.45) is 2.09. The minimum Gasteiger partial charge on any atom is -0.490 e. The van der Waals surface area contributed by atoms with Crippen LogP contribution in [0.3, 0.4) is 0 Å². The van der Waals surface area contributed by atoms with Gasteiger partial charge in [-0.15, -0.1) is 0 Å². The van der Waals surface area contributed by atoms with Crippen LogP contribution in [0.25, 0.3) is 11.3 Å². The number of aromatic nitrogens is 1. The monoisotopic (exact) mass is 415 g/mol. The van der Waals surface area contributed by atoms with Crippen molar-refractivity contribution in [3.8, 4) is 28.5 Å². The molecule has 5 rings (SSSR count). The molecule has 2 aliphatic rings. The van der Waals surface area contributed by atoms with E-state index in [1.54, 1.807) is 0 Å². The van der Waals surface area contributed by atoms with Gasteiger partial charge in [0.25, 0.3) is 0 Å². The molecule has 0 amide bonds. The first kappa shape index (κ1) is 19.6. The molecule has 1 aromatic heterocycles. The summed E-state index contributed by atoms with van der Waals surface area (Å²) in [5.41, 5.74) is 3.09. The van der Waals surface area contributed by atoms with E-state index in [9.17, 15) is 4.79 Å². The van der Waals surface area contributed by atoms with E-state index in [4.69, 9.17) is 19.2 Å². The third kappa shape index (κ3) is 3.76. The predicted octanol–water partition coefficient (Wildman–Crippen LogP) is 5.11. The van der Waals surface area contributed by atoms with Crippen LogP contribution in [-0.4, -0.2) is 23.7 Å². The first-order valence-corrected chi connectivity index (χ1v) is 10.7. The van der Waals surface area contributed by atoms with E-state index in [0.29, 0.717) is 6.42 Å². The molecule has 1 aliphatic carbocycles. The smallest absolute Gasteiger partial charge is 0.231 e. The normalized spacial score (nSPS) is 15.7. The summed E-state index contributed by atoms with van der Waals surface area (Å²) in [5.74, 6) is 2.46. The van der Waals surface area contributed by atoms with Crippen LogP contribution in [0, 0.1) is 0 Å². The molecule has 158 valence electrons. The van der Waals surface area contributed by atoms with E-state index < -0.39 is 5.41 Å². The Hall–Kier alpha value is -3.34. The lowest BCUT2D eigenvalue weighted by Crippen LogP contribution is -2.23. The molecule has 5 heteroatoms. The summed E-state index contributed by atoms with van der Waals surface area (Å²) >= 11 is 0. The zero-order valence-corrected chi connectivity index (χ0v) is 17.8. The summed E-state index contributed by atoms with van der Waals surface area (Å²) in [6.45, 7) is 4.24. The number of ketones is 1. The fourth-order valence-electron chi connectivity index (χ4n) is 4.14. The fourth-order valence-corrected chi connectivity index (χ4v) is 4.14. The molecule has 0 spiro atoms. The molecule has 0 radical (unpaired) electrons. The van der Waals surface area contributed by atoms with Gasteiger partial charge in [-0.3, -0.25) is 9.78 Å². The lowest BCUT2D eigenvalue weighted by Gasteiger charge is -2.16. The summed E-state index contributed by atoms with van der Waals surface area (Å²) < 4.78 is 16.9. The van der Waals surface area contributed by atoms with Crippen LogP contribution >= 0.6 is 0 Å². The Bertz CT molecular complexity index is 1130. The Morgan fingerprint density at radius 3 is 2.65 bits per heavy atom. The number of pyridine rings is 1. The van der Waals surface area contributed by atoms with E-state index >= 15 is 0 Å². The molecule has 2 aromatic carbocycles. The van der Waals surface area contributed by atoms with Crippen molar-refractivity contribution >= 4 is 5.78 Å². The molecule has 0 N–H and O–H groups in total. The summed E-state index contributed by atoms with van der Waals surface area (Å²) in [7, 11) is 0. The third-order valence-electron chi connectivity index (χ3n) is 5.88. The molecular weight excluding hydrogens is 390 g/mol. The second kappa shape index (κ2) is 7.73. The fraction of sp³-hybridized carbons (Fsp3) is 0.308. The molecule has 31 heavy (non-hydrogen) atoms. The van der Waals surface area contributed by atoms with Crippen LogP contribution in [0.1, 0.15) is 37.9 Å². The maximum absolute atomic E-state index is 13.3. The zero-order chi connectivity index (χ0) is 21.4. The number of hydrogen-bond donors (Lipinski definition) is 0. The van der Waals surface area contributed by atoms with Crippen LogP contribution in [0.15, 0.2) is 60.7 Å². The first-order valence-electron chi connectivity index (χ1n) is 10.7. The highest BCUT2D eigenvalue weighted by atomic mass is 16.7. The van der Waals surface area contributed by atoms with E-state index in [-0.39, 0.29) is 18.7 Å². The van der Waals surface area contributed by atoms with Crippen molar-refractivity contribution in [2.45, 2.75) is 44.6 Å². The molecule has 3 aromatic rings. The number of carbonyl (C=O) groups is 1. The Labute approximate surface area is 182 Å². The van der Waals surface area contributed by atoms with Gasteiger partial charge in [-0.2, -0.15) is 0 Å². The van der Waals surface area contributed by atoms with Gasteiger partial charge >= 0.3 is 0 Å². The van der Waals surface area contributed by atoms with Crippen molar-refractivity contribution < 1.29 is 19.0 Å². The van der Waals surface area contributed by atoms with Gasteiger partial charge in [-0.1, -0.05) is 24.3 Å². The van der Waals surface area contributed by atoms with Crippen molar-refractivity contribution in [1.29, 1.82) is 0 Å². The molecule has 1 aliphatic heterocycles. The van der Waals surface area contributed by atoms with Crippen LogP contribution < -0.4 is 14.2 Å². The minimum absolute atomic E-state index is 0.0716. The maximum Gasteiger partial charge on any atom is 0.231 e. The van der Waals surface area contributed by atoms with Crippen molar-refractivity contribution in [2.24, 2.45) is 0 Å². The van der Waals surface area contributed by atoms with E-state index in [1.807, 2.05) is 74.5 Å². The maximum atomic E-state index is 13.3. The minimum atomic E-state index is -0.433. The Morgan fingerprint density at radius 2 is 1.84 bits per heavy atom. The Kier molecular flexibility index (Phi) is 4.89. The van der Waals surface area contributed by atoms with Gasteiger partial charge in [0.05, 0.1) is 17.2 Å². The van der Waals surface area contributed by atoms with Gasteiger partial charge in [-0.25, -0.2) is 0 Å². The topological polar surface area (TPSA) is 57.7 Å². The highest BCUT2D eigenvalue weighted by Gasteiger charge is 2.51. The Balaban J connectivity index is 1.39. The largest absolute Gasteiger partial charge is 0.490 e. The van der Waals surface area contributed by atoms with Crippen molar-refractivity contribution in [1.82, 2.24) is 4.98 Å². The molecule has 0 atom stereocenters. The molecule has 5 nitrogen and oxygen atoms in total. The number of hydrogen-bond acceptors (Lipinski definition) is 5. The predicted molar refractivity (Wildman–Crippen MR) is 118 cm³/mol. The van der Waals surface area contributed by atoms with Gasteiger partial charge in [-0.05, 0) is 68.7 Å². The van der Waals surface area contributed by atoms with Crippen LogP contribution in [0.2, 0.25) is 0 Å². The van der Waals surface area contributed by atoms with Crippen molar-refractivity contribution in [3.05, 3.63) is 71.9 Å². The SMILES string of the molecule is CC(C)Oc1ccccc1-c1cccc(CC(=O)C2(c3ccc4c(c3)OCO4)CC2)n1. The van der Waals surface area contributed by atoms with Gasteiger partial charge in [0.15, 0.2) is 11.5 Å². The van der Waals surface area contributed by atoms with Crippen LogP contribution in [0.4, 0.5) is 0 Å².